The zero-order chi connectivity index (χ0) is 18.8. The van der Waals surface area contributed by atoms with Gasteiger partial charge in [-0.1, -0.05) is 48.5 Å². The van der Waals surface area contributed by atoms with Crippen LogP contribution < -0.4 is 5.32 Å². The number of fused-ring (bicyclic) bond motifs is 1. The molecular formula is C24H17N3O. The Kier molecular flexibility index (Phi) is 4.07. The van der Waals surface area contributed by atoms with E-state index in [1.54, 1.807) is 0 Å². The summed E-state index contributed by atoms with van der Waals surface area (Å²) in [4.78, 5) is 0. The Morgan fingerprint density at radius 1 is 0.536 bits per heavy atom. The van der Waals surface area contributed by atoms with Crippen LogP contribution in [0.1, 0.15) is 0 Å². The molecule has 28 heavy (non-hydrogen) atoms. The molecule has 0 saturated heterocycles. The molecule has 5 rings (SSSR count). The molecular weight excluding hydrogens is 346 g/mol. The molecule has 0 fully saturated rings. The summed E-state index contributed by atoms with van der Waals surface area (Å²) in [5.74, 6) is 1.03. The maximum absolute atomic E-state index is 5.82. The second kappa shape index (κ2) is 7.00. The van der Waals surface area contributed by atoms with Gasteiger partial charge in [0.1, 0.15) is 0 Å². The summed E-state index contributed by atoms with van der Waals surface area (Å²) in [5, 5.41) is 14.2. The molecule has 134 valence electrons. The number of hydrogen-bond acceptors (Lipinski definition) is 4. The first-order valence-electron chi connectivity index (χ1n) is 9.10. The molecule has 0 unspecified atom stereocenters. The second-order valence-electron chi connectivity index (χ2n) is 6.54. The molecule has 1 aromatic heterocycles. The maximum Gasteiger partial charge on any atom is 0.248 e. The molecule has 0 aliphatic heterocycles. The molecule has 0 aliphatic carbocycles. The SMILES string of the molecule is c1ccc(-c2nnc(-c3ccc(Nc4ccc5ccccc5c4)cc3)o2)cc1. The molecule has 0 atom stereocenters. The van der Waals surface area contributed by atoms with Gasteiger partial charge in [0, 0.05) is 22.5 Å². The molecule has 4 heteroatoms. The van der Waals surface area contributed by atoms with Crippen molar-refractivity contribution in [3.05, 3.63) is 97.1 Å². The first-order valence-corrected chi connectivity index (χ1v) is 9.10. The lowest BCUT2D eigenvalue weighted by molar-refractivity contribution is 0.584. The van der Waals surface area contributed by atoms with Crippen LogP contribution in [0.25, 0.3) is 33.7 Å². The summed E-state index contributed by atoms with van der Waals surface area (Å²) >= 11 is 0. The number of nitrogens with one attached hydrogen (secondary N) is 1. The van der Waals surface area contributed by atoms with E-state index in [2.05, 4.69) is 58.0 Å². The highest BCUT2D eigenvalue weighted by Crippen LogP contribution is 2.26. The fourth-order valence-electron chi connectivity index (χ4n) is 3.17. The van der Waals surface area contributed by atoms with Crippen LogP contribution in [0.15, 0.2) is 101 Å². The number of anilines is 2. The van der Waals surface area contributed by atoms with Crippen LogP contribution in [0.3, 0.4) is 0 Å². The lowest BCUT2D eigenvalue weighted by Gasteiger charge is -2.08. The van der Waals surface area contributed by atoms with Gasteiger partial charge in [-0.15, -0.1) is 10.2 Å². The van der Waals surface area contributed by atoms with Crippen molar-refractivity contribution in [2.24, 2.45) is 0 Å². The smallest absolute Gasteiger partial charge is 0.248 e. The monoisotopic (exact) mass is 363 g/mol. The molecule has 4 nitrogen and oxygen atoms in total. The van der Waals surface area contributed by atoms with Crippen molar-refractivity contribution in [3.63, 3.8) is 0 Å². The lowest BCUT2D eigenvalue weighted by Crippen LogP contribution is -1.90. The van der Waals surface area contributed by atoms with Gasteiger partial charge in [-0.3, -0.25) is 0 Å². The Morgan fingerprint density at radius 3 is 1.89 bits per heavy atom. The molecule has 0 radical (unpaired) electrons. The predicted molar refractivity (Wildman–Crippen MR) is 112 cm³/mol. The van der Waals surface area contributed by atoms with Gasteiger partial charge in [0.25, 0.3) is 0 Å². The Hall–Kier alpha value is -3.92. The average molecular weight is 363 g/mol. The lowest BCUT2D eigenvalue weighted by atomic mass is 10.1. The minimum atomic E-state index is 0.510. The molecule has 0 spiro atoms. The van der Waals surface area contributed by atoms with Crippen molar-refractivity contribution in [2.45, 2.75) is 0 Å². The van der Waals surface area contributed by atoms with Gasteiger partial charge < -0.3 is 9.73 Å². The van der Waals surface area contributed by atoms with Crippen LogP contribution in [0.2, 0.25) is 0 Å². The maximum atomic E-state index is 5.82. The topological polar surface area (TPSA) is 51.0 Å². The van der Waals surface area contributed by atoms with E-state index in [1.165, 1.54) is 10.8 Å². The van der Waals surface area contributed by atoms with Gasteiger partial charge in [-0.2, -0.15) is 0 Å². The van der Waals surface area contributed by atoms with Crippen LogP contribution in [-0.4, -0.2) is 10.2 Å². The first kappa shape index (κ1) is 16.3. The highest BCUT2D eigenvalue weighted by atomic mass is 16.4. The third-order valence-corrected chi connectivity index (χ3v) is 4.62. The van der Waals surface area contributed by atoms with E-state index in [4.69, 9.17) is 4.42 Å². The van der Waals surface area contributed by atoms with E-state index in [-0.39, 0.29) is 0 Å². The minimum absolute atomic E-state index is 0.510. The van der Waals surface area contributed by atoms with Crippen LogP contribution >= 0.6 is 0 Å². The zero-order valence-corrected chi connectivity index (χ0v) is 15.0. The molecule has 0 aliphatic rings. The van der Waals surface area contributed by atoms with E-state index in [9.17, 15) is 0 Å². The van der Waals surface area contributed by atoms with Crippen molar-refractivity contribution in [2.75, 3.05) is 5.32 Å². The standard InChI is InChI=1S/C24H17N3O/c1-2-7-18(8-3-1)23-26-27-24(28-23)19-11-13-21(14-12-19)25-22-15-10-17-6-4-5-9-20(17)16-22/h1-16,25H. The summed E-state index contributed by atoms with van der Waals surface area (Å²) in [6, 6.07) is 32.4. The summed E-state index contributed by atoms with van der Waals surface area (Å²) in [7, 11) is 0. The van der Waals surface area contributed by atoms with E-state index in [0.29, 0.717) is 11.8 Å². The van der Waals surface area contributed by atoms with Crippen molar-refractivity contribution in [1.29, 1.82) is 0 Å². The fourth-order valence-corrected chi connectivity index (χ4v) is 3.17. The quantitative estimate of drug-likeness (QED) is 0.407. The van der Waals surface area contributed by atoms with Crippen molar-refractivity contribution in [3.8, 4) is 22.9 Å². The Labute approximate surface area is 162 Å². The van der Waals surface area contributed by atoms with E-state index >= 15 is 0 Å². The predicted octanol–water partition coefficient (Wildman–Crippen LogP) is 6.30. The Morgan fingerprint density at radius 2 is 1.14 bits per heavy atom. The normalized spacial score (nSPS) is 10.9. The third-order valence-electron chi connectivity index (χ3n) is 4.62. The number of aromatic nitrogens is 2. The van der Waals surface area contributed by atoms with Gasteiger partial charge in [0.2, 0.25) is 11.8 Å². The molecule has 5 aromatic rings. The molecule has 1 heterocycles. The summed E-state index contributed by atoms with van der Waals surface area (Å²) in [6.07, 6.45) is 0. The number of nitrogens with zero attached hydrogens (tertiary/aromatic N) is 2. The summed E-state index contributed by atoms with van der Waals surface area (Å²) < 4.78 is 5.82. The summed E-state index contributed by atoms with van der Waals surface area (Å²) in [5.41, 5.74) is 3.85. The third kappa shape index (κ3) is 3.23. The highest BCUT2D eigenvalue weighted by Gasteiger charge is 2.10. The first-order chi connectivity index (χ1) is 13.8. The van der Waals surface area contributed by atoms with E-state index < -0.39 is 0 Å². The largest absolute Gasteiger partial charge is 0.416 e. The van der Waals surface area contributed by atoms with Gasteiger partial charge in [0.05, 0.1) is 0 Å². The van der Waals surface area contributed by atoms with Crippen LogP contribution in [0.5, 0.6) is 0 Å². The van der Waals surface area contributed by atoms with Gasteiger partial charge in [-0.05, 0) is 59.3 Å². The molecule has 1 N–H and O–H groups in total. The Balaban J connectivity index is 1.36. The molecule has 0 saturated carbocycles. The van der Waals surface area contributed by atoms with Crippen molar-refractivity contribution >= 4 is 22.1 Å². The fraction of sp³-hybridized carbons (Fsp3) is 0. The second-order valence-corrected chi connectivity index (χ2v) is 6.54. The highest BCUT2D eigenvalue weighted by molar-refractivity contribution is 5.86. The van der Waals surface area contributed by atoms with E-state index in [1.807, 2.05) is 54.6 Å². The Bertz CT molecular complexity index is 1230. The van der Waals surface area contributed by atoms with Gasteiger partial charge in [-0.25, -0.2) is 0 Å². The van der Waals surface area contributed by atoms with Gasteiger partial charge in [0.15, 0.2) is 0 Å². The number of rotatable bonds is 4. The zero-order valence-electron chi connectivity index (χ0n) is 15.0. The molecule has 0 amide bonds. The van der Waals surface area contributed by atoms with Crippen LogP contribution in [0.4, 0.5) is 11.4 Å². The van der Waals surface area contributed by atoms with Gasteiger partial charge >= 0.3 is 0 Å². The summed E-state index contributed by atoms with van der Waals surface area (Å²) in [6.45, 7) is 0. The number of benzene rings is 4. The van der Waals surface area contributed by atoms with E-state index in [0.717, 1.165) is 22.5 Å². The molecule has 4 aromatic carbocycles. The minimum Gasteiger partial charge on any atom is -0.416 e. The van der Waals surface area contributed by atoms with Crippen LogP contribution in [-0.2, 0) is 0 Å². The van der Waals surface area contributed by atoms with Crippen LogP contribution in [0, 0.1) is 0 Å². The number of hydrogen-bond donors (Lipinski definition) is 1. The molecule has 0 bridgehead atoms. The average Bonchev–Trinajstić information content (AvgIpc) is 3.25. The van der Waals surface area contributed by atoms with Crippen molar-refractivity contribution < 1.29 is 4.42 Å². The van der Waals surface area contributed by atoms with Crippen molar-refractivity contribution in [1.82, 2.24) is 10.2 Å².